The van der Waals surface area contributed by atoms with Crippen molar-refractivity contribution < 1.29 is 9.15 Å². The Morgan fingerprint density at radius 2 is 2.09 bits per heavy atom. The van der Waals surface area contributed by atoms with Crippen molar-refractivity contribution in [3.63, 3.8) is 0 Å². The molecule has 3 nitrogen and oxygen atoms in total. The van der Waals surface area contributed by atoms with E-state index in [9.17, 15) is 5.26 Å². The van der Waals surface area contributed by atoms with E-state index in [1.807, 2.05) is 53.9 Å². The Bertz CT molecular complexity index is 821. The van der Waals surface area contributed by atoms with E-state index in [2.05, 4.69) is 6.07 Å². The van der Waals surface area contributed by atoms with Crippen LogP contribution in [0.4, 0.5) is 0 Å². The van der Waals surface area contributed by atoms with Gasteiger partial charge in [0.15, 0.2) is 0 Å². The van der Waals surface area contributed by atoms with E-state index in [1.165, 1.54) is 11.3 Å². The summed E-state index contributed by atoms with van der Waals surface area (Å²) in [7, 11) is 1.63. The molecule has 0 spiro atoms. The maximum Gasteiger partial charge on any atom is 0.134 e. The summed E-state index contributed by atoms with van der Waals surface area (Å²) in [5.74, 6) is 1.61. The molecule has 2 heterocycles. The quantitative estimate of drug-likeness (QED) is 0.631. The van der Waals surface area contributed by atoms with Gasteiger partial charge in [-0.15, -0.1) is 11.3 Å². The second kappa shape index (κ2) is 6.33. The summed E-state index contributed by atoms with van der Waals surface area (Å²) in [5.41, 5.74) is 2.58. The lowest BCUT2D eigenvalue weighted by Gasteiger charge is -2.00. The summed E-state index contributed by atoms with van der Waals surface area (Å²) in [6.07, 6.45) is 3.52. The average molecular weight is 307 g/mol. The monoisotopic (exact) mass is 307 g/mol. The van der Waals surface area contributed by atoms with Gasteiger partial charge in [-0.05, 0) is 42.0 Å². The van der Waals surface area contributed by atoms with Crippen LogP contribution in [0.3, 0.4) is 0 Å². The number of furan rings is 1. The average Bonchev–Trinajstić information content (AvgIpc) is 3.24. The number of hydrogen-bond donors (Lipinski definition) is 0. The molecular formula is C18H13NO2S. The molecule has 0 aliphatic rings. The molecule has 22 heavy (non-hydrogen) atoms. The molecule has 0 radical (unpaired) electrons. The number of rotatable bonds is 4. The topological polar surface area (TPSA) is 46.2 Å². The first-order valence-corrected chi connectivity index (χ1v) is 7.57. The minimum atomic E-state index is 0.632. The molecular weight excluding hydrogens is 294 g/mol. The zero-order valence-electron chi connectivity index (χ0n) is 11.9. The van der Waals surface area contributed by atoms with Gasteiger partial charge in [0.2, 0.25) is 0 Å². The molecule has 0 fully saturated rings. The van der Waals surface area contributed by atoms with Crippen molar-refractivity contribution in [3.05, 3.63) is 64.5 Å². The SMILES string of the molecule is COc1ccc(/C=C(\C#N)c2cc(-c3ccco3)cs2)cc1. The zero-order chi connectivity index (χ0) is 15.4. The lowest BCUT2D eigenvalue weighted by atomic mass is 10.1. The van der Waals surface area contributed by atoms with Crippen molar-refractivity contribution in [1.29, 1.82) is 5.26 Å². The van der Waals surface area contributed by atoms with Crippen molar-refractivity contribution in [1.82, 2.24) is 0 Å². The predicted molar refractivity (Wildman–Crippen MR) is 88.5 cm³/mol. The number of nitriles is 1. The Morgan fingerprint density at radius 3 is 2.73 bits per heavy atom. The highest BCUT2D eigenvalue weighted by atomic mass is 32.1. The van der Waals surface area contributed by atoms with Gasteiger partial charge < -0.3 is 9.15 Å². The highest BCUT2D eigenvalue weighted by Gasteiger charge is 2.08. The van der Waals surface area contributed by atoms with Gasteiger partial charge in [0.1, 0.15) is 17.6 Å². The molecule has 4 heteroatoms. The molecule has 0 aliphatic carbocycles. The number of benzene rings is 1. The van der Waals surface area contributed by atoms with Crippen LogP contribution in [0.1, 0.15) is 10.4 Å². The van der Waals surface area contributed by atoms with Crippen LogP contribution < -0.4 is 4.74 Å². The molecule has 0 saturated carbocycles. The second-order valence-corrected chi connectivity index (χ2v) is 5.53. The Kier molecular flexibility index (Phi) is 4.08. The van der Waals surface area contributed by atoms with Crippen molar-refractivity contribution in [2.45, 2.75) is 0 Å². The number of nitrogens with zero attached hydrogens (tertiary/aromatic N) is 1. The van der Waals surface area contributed by atoms with Crippen LogP contribution in [0.2, 0.25) is 0 Å². The number of methoxy groups -OCH3 is 1. The standard InChI is InChI=1S/C18H13NO2S/c1-20-16-6-4-13(5-7-16)9-14(11-19)18-10-15(12-22-18)17-3-2-8-21-17/h2-10,12H,1H3/b14-9+. The molecule has 108 valence electrons. The third kappa shape index (κ3) is 2.95. The van der Waals surface area contributed by atoms with E-state index in [0.29, 0.717) is 5.57 Å². The molecule has 0 atom stereocenters. The highest BCUT2D eigenvalue weighted by molar-refractivity contribution is 7.11. The van der Waals surface area contributed by atoms with Gasteiger partial charge in [0.25, 0.3) is 0 Å². The van der Waals surface area contributed by atoms with E-state index >= 15 is 0 Å². The lowest BCUT2D eigenvalue weighted by Crippen LogP contribution is -1.82. The van der Waals surface area contributed by atoms with Gasteiger partial charge in [0.05, 0.1) is 18.9 Å². The van der Waals surface area contributed by atoms with Crippen molar-refractivity contribution >= 4 is 23.0 Å². The van der Waals surface area contributed by atoms with Crippen LogP contribution in [0, 0.1) is 11.3 Å². The fourth-order valence-corrected chi connectivity index (χ4v) is 2.94. The molecule has 1 aromatic carbocycles. The molecule has 3 rings (SSSR count). The summed E-state index contributed by atoms with van der Waals surface area (Å²) < 4.78 is 10.5. The summed E-state index contributed by atoms with van der Waals surface area (Å²) in [4.78, 5) is 0.921. The number of thiophene rings is 1. The normalized spacial score (nSPS) is 11.2. The lowest BCUT2D eigenvalue weighted by molar-refractivity contribution is 0.415. The first-order valence-electron chi connectivity index (χ1n) is 6.69. The predicted octanol–water partition coefficient (Wildman–Crippen LogP) is 5.08. The minimum absolute atomic E-state index is 0.632. The van der Waals surface area contributed by atoms with Crippen molar-refractivity contribution in [2.75, 3.05) is 7.11 Å². The molecule has 0 N–H and O–H groups in total. The molecule has 3 aromatic rings. The van der Waals surface area contributed by atoms with Crippen LogP contribution >= 0.6 is 11.3 Å². The zero-order valence-corrected chi connectivity index (χ0v) is 12.8. The number of allylic oxidation sites excluding steroid dienone is 1. The summed E-state index contributed by atoms with van der Waals surface area (Å²) in [6, 6.07) is 15.6. The number of hydrogen-bond acceptors (Lipinski definition) is 4. The number of ether oxygens (including phenoxy) is 1. The van der Waals surface area contributed by atoms with Gasteiger partial charge in [0, 0.05) is 15.8 Å². The Morgan fingerprint density at radius 1 is 1.27 bits per heavy atom. The van der Waals surface area contributed by atoms with Crippen molar-refractivity contribution in [3.8, 4) is 23.1 Å². The van der Waals surface area contributed by atoms with Crippen LogP contribution in [0.15, 0.2) is 58.5 Å². The Labute approximate surface area is 132 Å². The molecule has 0 bridgehead atoms. The molecule has 2 aromatic heterocycles. The highest BCUT2D eigenvalue weighted by Crippen LogP contribution is 2.31. The molecule has 0 aliphatic heterocycles. The smallest absolute Gasteiger partial charge is 0.134 e. The largest absolute Gasteiger partial charge is 0.497 e. The van der Waals surface area contributed by atoms with E-state index in [0.717, 1.165) is 27.5 Å². The van der Waals surface area contributed by atoms with Crippen LogP contribution in [0.5, 0.6) is 5.75 Å². The Hall–Kier alpha value is -2.77. The van der Waals surface area contributed by atoms with E-state index in [-0.39, 0.29) is 0 Å². The molecule has 0 saturated heterocycles. The van der Waals surface area contributed by atoms with E-state index in [1.54, 1.807) is 13.4 Å². The van der Waals surface area contributed by atoms with E-state index < -0.39 is 0 Å². The summed E-state index contributed by atoms with van der Waals surface area (Å²) >= 11 is 1.53. The van der Waals surface area contributed by atoms with Gasteiger partial charge >= 0.3 is 0 Å². The van der Waals surface area contributed by atoms with Crippen LogP contribution in [-0.4, -0.2) is 7.11 Å². The minimum Gasteiger partial charge on any atom is -0.497 e. The maximum absolute atomic E-state index is 9.42. The Balaban J connectivity index is 1.90. The van der Waals surface area contributed by atoms with Crippen LogP contribution in [-0.2, 0) is 0 Å². The second-order valence-electron chi connectivity index (χ2n) is 4.62. The van der Waals surface area contributed by atoms with E-state index in [4.69, 9.17) is 9.15 Å². The van der Waals surface area contributed by atoms with Gasteiger partial charge in [-0.25, -0.2) is 0 Å². The fraction of sp³-hybridized carbons (Fsp3) is 0.0556. The van der Waals surface area contributed by atoms with Crippen LogP contribution in [0.25, 0.3) is 23.0 Å². The van der Waals surface area contributed by atoms with Gasteiger partial charge in [-0.3, -0.25) is 0 Å². The fourth-order valence-electron chi connectivity index (χ4n) is 2.07. The third-order valence-electron chi connectivity index (χ3n) is 3.22. The van der Waals surface area contributed by atoms with Gasteiger partial charge in [-0.1, -0.05) is 12.1 Å². The summed E-state index contributed by atoms with van der Waals surface area (Å²) in [5, 5.41) is 11.4. The van der Waals surface area contributed by atoms with Gasteiger partial charge in [-0.2, -0.15) is 5.26 Å². The first-order chi connectivity index (χ1) is 10.8. The first kappa shape index (κ1) is 14.2. The van der Waals surface area contributed by atoms with Crippen molar-refractivity contribution in [2.24, 2.45) is 0 Å². The maximum atomic E-state index is 9.42. The summed E-state index contributed by atoms with van der Waals surface area (Å²) in [6.45, 7) is 0. The molecule has 0 unspecified atom stereocenters. The molecule has 0 amide bonds. The third-order valence-corrected chi connectivity index (χ3v) is 4.18.